The summed E-state index contributed by atoms with van der Waals surface area (Å²) in [6, 6.07) is 56.3. The fraction of sp³-hybridized carbons (Fsp3) is 0. The molecule has 6 aromatic carbocycles. The van der Waals surface area contributed by atoms with Crippen LogP contribution in [-0.2, 0) is 0 Å². The second-order valence-electron chi connectivity index (χ2n) is 10.1. The van der Waals surface area contributed by atoms with Crippen LogP contribution in [0.25, 0.3) is 67.5 Å². The van der Waals surface area contributed by atoms with E-state index in [1.54, 1.807) is 0 Å². The van der Waals surface area contributed by atoms with Gasteiger partial charge >= 0.3 is 0 Å². The van der Waals surface area contributed by atoms with Crippen molar-refractivity contribution in [1.29, 1.82) is 0 Å². The summed E-state index contributed by atoms with van der Waals surface area (Å²) in [6.45, 7) is 0. The Labute approximate surface area is 245 Å². The molecule has 0 aliphatic carbocycles. The van der Waals surface area contributed by atoms with Crippen LogP contribution >= 0.6 is 0 Å². The normalized spacial score (nSPS) is 10.9. The zero-order valence-electron chi connectivity index (χ0n) is 22.9. The van der Waals surface area contributed by atoms with Crippen LogP contribution in [0, 0.1) is 0 Å². The molecule has 198 valence electrons. The van der Waals surface area contributed by atoms with Gasteiger partial charge in [0.25, 0.3) is 0 Å². The minimum atomic E-state index is 0.641. The molecular formula is C39H27N3. The summed E-state index contributed by atoms with van der Waals surface area (Å²) < 4.78 is 0. The summed E-state index contributed by atoms with van der Waals surface area (Å²) in [4.78, 5) is 15.1. The molecule has 0 saturated heterocycles. The van der Waals surface area contributed by atoms with Crippen LogP contribution in [0.5, 0.6) is 0 Å². The third kappa shape index (κ3) is 5.24. The third-order valence-corrected chi connectivity index (χ3v) is 7.37. The lowest BCUT2D eigenvalue weighted by atomic mass is 9.99. The van der Waals surface area contributed by atoms with Gasteiger partial charge in [0.15, 0.2) is 17.5 Å². The highest BCUT2D eigenvalue weighted by Crippen LogP contribution is 2.33. The van der Waals surface area contributed by atoms with Crippen molar-refractivity contribution in [3.63, 3.8) is 0 Å². The van der Waals surface area contributed by atoms with E-state index in [0.29, 0.717) is 17.5 Å². The average Bonchev–Trinajstić information content (AvgIpc) is 3.09. The molecule has 42 heavy (non-hydrogen) atoms. The Morgan fingerprint density at radius 1 is 0.238 bits per heavy atom. The molecule has 0 N–H and O–H groups in total. The van der Waals surface area contributed by atoms with Gasteiger partial charge < -0.3 is 0 Å². The lowest BCUT2D eigenvalue weighted by molar-refractivity contribution is 1.07. The zero-order chi connectivity index (χ0) is 28.1. The van der Waals surface area contributed by atoms with Gasteiger partial charge in [0, 0.05) is 16.7 Å². The number of hydrogen-bond acceptors (Lipinski definition) is 3. The lowest BCUT2D eigenvalue weighted by Gasteiger charge is -2.13. The standard InChI is InChI=1S/C39H27N3/c1-4-13-28(14-5-1)30-23-25-32(26-24-30)37-40-38(34-20-12-19-33(27-34)29-15-6-2-7-16-29)42-39(41-37)36-22-11-10-21-35(36)31-17-8-3-9-18-31/h1-27H. The first-order valence-corrected chi connectivity index (χ1v) is 14.0. The van der Waals surface area contributed by atoms with Crippen LogP contribution in [0.4, 0.5) is 0 Å². The second kappa shape index (κ2) is 11.4. The van der Waals surface area contributed by atoms with E-state index in [2.05, 4.69) is 140 Å². The number of hydrogen-bond donors (Lipinski definition) is 0. The predicted molar refractivity (Wildman–Crippen MR) is 172 cm³/mol. The molecule has 0 fully saturated rings. The van der Waals surface area contributed by atoms with Gasteiger partial charge in [0.2, 0.25) is 0 Å². The van der Waals surface area contributed by atoms with Gasteiger partial charge in [-0.15, -0.1) is 0 Å². The van der Waals surface area contributed by atoms with Gasteiger partial charge in [-0.1, -0.05) is 158 Å². The largest absolute Gasteiger partial charge is 0.208 e. The van der Waals surface area contributed by atoms with Crippen LogP contribution in [0.3, 0.4) is 0 Å². The Morgan fingerprint density at radius 3 is 1.29 bits per heavy atom. The van der Waals surface area contributed by atoms with Gasteiger partial charge in [0.05, 0.1) is 0 Å². The molecule has 0 bridgehead atoms. The second-order valence-corrected chi connectivity index (χ2v) is 10.1. The molecule has 7 rings (SSSR count). The smallest absolute Gasteiger partial charge is 0.164 e. The van der Waals surface area contributed by atoms with E-state index in [0.717, 1.165) is 44.5 Å². The molecule has 0 aliphatic rings. The maximum absolute atomic E-state index is 5.06. The molecule has 3 heteroatoms. The number of nitrogens with zero attached hydrogens (tertiary/aromatic N) is 3. The molecule has 0 unspecified atom stereocenters. The van der Waals surface area contributed by atoms with E-state index in [9.17, 15) is 0 Å². The van der Waals surface area contributed by atoms with Crippen molar-refractivity contribution in [1.82, 2.24) is 15.0 Å². The van der Waals surface area contributed by atoms with E-state index in [4.69, 9.17) is 15.0 Å². The molecular weight excluding hydrogens is 510 g/mol. The van der Waals surface area contributed by atoms with Crippen molar-refractivity contribution in [2.24, 2.45) is 0 Å². The highest BCUT2D eigenvalue weighted by atomic mass is 15.0. The highest BCUT2D eigenvalue weighted by Gasteiger charge is 2.16. The summed E-state index contributed by atoms with van der Waals surface area (Å²) in [5.74, 6) is 1.93. The quantitative estimate of drug-likeness (QED) is 0.212. The van der Waals surface area contributed by atoms with Crippen molar-refractivity contribution >= 4 is 0 Å². The van der Waals surface area contributed by atoms with Crippen molar-refractivity contribution in [2.75, 3.05) is 0 Å². The maximum Gasteiger partial charge on any atom is 0.164 e. The topological polar surface area (TPSA) is 38.7 Å². The summed E-state index contributed by atoms with van der Waals surface area (Å²) in [5, 5.41) is 0. The molecule has 0 aliphatic heterocycles. The summed E-state index contributed by atoms with van der Waals surface area (Å²) in [6.07, 6.45) is 0. The Kier molecular flexibility index (Phi) is 6.89. The zero-order valence-corrected chi connectivity index (χ0v) is 22.9. The maximum atomic E-state index is 5.06. The van der Waals surface area contributed by atoms with Crippen LogP contribution in [0.15, 0.2) is 164 Å². The molecule has 0 atom stereocenters. The minimum absolute atomic E-state index is 0.641. The van der Waals surface area contributed by atoms with Crippen molar-refractivity contribution in [2.45, 2.75) is 0 Å². The monoisotopic (exact) mass is 537 g/mol. The minimum Gasteiger partial charge on any atom is -0.208 e. The number of benzene rings is 6. The lowest BCUT2D eigenvalue weighted by Crippen LogP contribution is -2.01. The number of rotatable bonds is 6. The van der Waals surface area contributed by atoms with Crippen molar-refractivity contribution in [3.05, 3.63) is 164 Å². The third-order valence-electron chi connectivity index (χ3n) is 7.37. The molecule has 3 nitrogen and oxygen atoms in total. The highest BCUT2D eigenvalue weighted by molar-refractivity contribution is 5.82. The first kappa shape index (κ1) is 25.3. The molecule has 7 aromatic rings. The Balaban J connectivity index is 1.38. The fourth-order valence-electron chi connectivity index (χ4n) is 5.21. The van der Waals surface area contributed by atoms with E-state index >= 15 is 0 Å². The summed E-state index contributed by atoms with van der Waals surface area (Å²) in [5.41, 5.74) is 9.65. The van der Waals surface area contributed by atoms with E-state index in [-0.39, 0.29) is 0 Å². The molecule has 0 saturated carbocycles. The van der Waals surface area contributed by atoms with Crippen LogP contribution in [-0.4, -0.2) is 15.0 Å². The molecule has 0 radical (unpaired) electrons. The van der Waals surface area contributed by atoms with E-state index in [1.165, 1.54) is 5.56 Å². The molecule has 0 spiro atoms. The van der Waals surface area contributed by atoms with E-state index < -0.39 is 0 Å². The summed E-state index contributed by atoms with van der Waals surface area (Å²) in [7, 11) is 0. The summed E-state index contributed by atoms with van der Waals surface area (Å²) >= 11 is 0. The van der Waals surface area contributed by atoms with Crippen molar-refractivity contribution in [3.8, 4) is 67.5 Å². The van der Waals surface area contributed by atoms with Gasteiger partial charge in [-0.05, 0) is 39.4 Å². The fourth-order valence-corrected chi connectivity index (χ4v) is 5.21. The Morgan fingerprint density at radius 2 is 0.643 bits per heavy atom. The van der Waals surface area contributed by atoms with Gasteiger partial charge in [-0.3, -0.25) is 0 Å². The van der Waals surface area contributed by atoms with Crippen LogP contribution in [0.2, 0.25) is 0 Å². The van der Waals surface area contributed by atoms with Crippen LogP contribution in [0.1, 0.15) is 0 Å². The van der Waals surface area contributed by atoms with Gasteiger partial charge in [-0.2, -0.15) is 0 Å². The Hall–Kier alpha value is -5.67. The molecule has 1 heterocycles. The molecule has 1 aromatic heterocycles. The Bertz CT molecular complexity index is 1950. The van der Waals surface area contributed by atoms with Gasteiger partial charge in [0.1, 0.15) is 0 Å². The number of aromatic nitrogens is 3. The van der Waals surface area contributed by atoms with E-state index in [1.807, 2.05) is 24.3 Å². The first-order chi connectivity index (χ1) is 20.8. The SMILES string of the molecule is c1ccc(-c2ccc(-c3nc(-c4cccc(-c5ccccc5)c4)nc(-c4ccccc4-c4ccccc4)n3)cc2)cc1. The molecule has 0 amide bonds. The predicted octanol–water partition coefficient (Wildman–Crippen LogP) is 9.87. The first-order valence-electron chi connectivity index (χ1n) is 14.0. The van der Waals surface area contributed by atoms with Crippen molar-refractivity contribution < 1.29 is 0 Å². The van der Waals surface area contributed by atoms with Crippen LogP contribution < -0.4 is 0 Å². The van der Waals surface area contributed by atoms with Gasteiger partial charge in [-0.25, -0.2) is 15.0 Å². The average molecular weight is 538 g/mol.